The maximum atomic E-state index is 12.3. The molecular weight excluding hydrogens is 370 g/mol. The molecule has 0 radical (unpaired) electrons. The van der Waals surface area contributed by atoms with Gasteiger partial charge in [0.15, 0.2) is 6.61 Å². The Kier molecular flexibility index (Phi) is 6.96. The maximum Gasteiger partial charge on any atom is 0.340 e. The first-order chi connectivity index (χ1) is 12.8. The van der Waals surface area contributed by atoms with E-state index in [1.807, 2.05) is 0 Å². The Morgan fingerprint density at radius 1 is 1.15 bits per heavy atom. The van der Waals surface area contributed by atoms with Gasteiger partial charge in [-0.3, -0.25) is 4.79 Å². The van der Waals surface area contributed by atoms with Gasteiger partial charge in [-0.2, -0.15) is 0 Å². The standard InChI is InChI=1S/C20H20ClNO5/c1-4-26-20(25)18-12(2)19(22-13(18)3)16(23)11-27-17(24)10-9-14-7-5-6-8-15(14)21/h5-10,22H,4,11H2,1-3H3. The molecule has 6 nitrogen and oxygen atoms in total. The van der Waals surface area contributed by atoms with Gasteiger partial charge in [0, 0.05) is 16.8 Å². The van der Waals surface area contributed by atoms with Crippen molar-refractivity contribution in [3.63, 3.8) is 0 Å². The highest BCUT2D eigenvalue weighted by atomic mass is 35.5. The van der Waals surface area contributed by atoms with Gasteiger partial charge in [-0.1, -0.05) is 29.8 Å². The van der Waals surface area contributed by atoms with E-state index < -0.39 is 24.3 Å². The third kappa shape index (κ3) is 5.08. The van der Waals surface area contributed by atoms with Crippen LogP contribution in [0, 0.1) is 13.8 Å². The highest BCUT2D eigenvalue weighted by molar-refractivity contribution is 6.32. The molecule has 0 spiro atoms. The smallest absolute Gasteiger partial charge is 0.340 e. The lowest BCUT2D eigenvalue weighted by Crippen LogP contribution is -2.14. The Morgan fingerprint density at radius 2 is 1.85 bits per heavy atom. The molecule has 0 bridgehead atoms. The van der Waals surface area contributed by atoms with Crippen LogP contribution >= 0.6 is 11.6 Å². The van der Waals surface area contributed by atoms with Gasteiger partial charge in [0.05, 0.1) is 17.9 Å². The first kappa shape index (κ1) is 20.5. The van der Waals surface area contributed by atoms with E-state index in [9.17, 15) is 14.4 Å². The Morgan fingerprint density at radius 3 is 2.52 bits per heavy atom. The number of H-pyrrole nitrogens is 1. The van der Waals surface area contributed by atoms with E-state index in [0.717, 1.165) is 0 Å². The second kappa shape index (κ2) is 9.19. The molecule has 27 heavy (non-hydrogen) atoms. The van der Waals surface area contributed by atoms with E-state index in [0.29, 0.717) is 27.4 Å². The van der Waals surface area contributed by atoms with Crippen molar-refractivity contribution in [3.05, 3.63) is 63.4 Å². The summed E-state index contributed by atoms with van der Waals surface area (Å²) in [7, 11) is 0. The van der Waals surface area contributed by atoms with E-state index in [-0.39, 0.29) is 12.3 Å². The summed E-state index contributed by atoms with van der Waals surface area (Å²) < 4.78 is 9.97. The van der Waals surface area contributed by atoms with E-state index in [1.54, 1.807) is 45.0 Å². The molecule has 1 aromatic carbocycles. The summed E-state index contributed by atoms with van der Waals surface area (Å²) in [5.41, 5.74) is 2.21. The number of carbonyl (C=O) groups excluding carboxylic acids is 3. The van der Waals surface area contributed by atoms with Crippen LogP contribution in [0.1, 0.15) is 44.6 Å². The van der Waals surface area contributed by atoms with Crippen LogP contribution in [0.25, 0.3) is 6.08 Å². The van der Waals surface area contributed by atoms with E-state index in [1.165, 1.54) is 12.2 Å². The number of carbonyl (C=O) groups is 3. The van der Waals surface area contributed by atoms with Gasteiger partial charge in [-0.05, 0) is 44.0 Å². The van der Waals surface area contributed by atoms with Gasteiger partial charge in [0.2, 0.25) is 5.78 Å². The Hall–Kier alpha value is -2.86. The van der Waals surface area contributed by atoms with Gasteiger partial charge in [0.25, 0.3) is 0 Å². The van der Waals surface area contributed by atoms with Gasteiger partial charge >= 0.3 is 11.9 Å². The molecule has 0 saturated heterocycles. The van der Waals surface area contributed by atoms with Crippen LogP contribution in [0.2, 0.25) is 5.02 Å². The lowest BCUT2D eigenvalue weighted by Gasteiger charge is -2.03. The number of aromatic amines is 1. The first-order valence-electron chi connectivity index (χ1n) is 8.34. The summed E-state index contributed by atoms with van der Waals surface area (Å²) in [6, 6.07) is 7.02. The highest BCUT2D eigenvalue weighted by Gasteiger charge is 2.23. The zero-order valence-corrected chi connectivity index (χ0v) is 16.1. The normalized spacial score (nSPS) is 10.8. The molecule has 1 aromatic heterocycles. The number of rotatable bonds is 7. The molecule has 0 aliphatic heterocycles. The molecule has 2 aromatic rings. The summed E-state index contributed by atoms with van der Waals surface area (Å²) in [4.78, 5) is 39.0. The molecule has 2 rings (SSSR count). The number of nitrogens with one attached hydrogen (secondary N) is 1. The Balaban J connectivity index is 2.02. The lowest BCUT2D eigenvalue weighted by atomic mass is 10.1. The van der Waals surface area contributed by atoms with E-state index in [2.05, 4.69) is 4.98 Å². The van der Waals surface area contributed by atoms with Crippen molar-refractivity contribution in [3.8, 4) is 0 Å². The molecule has 0 aliphatic rings. The minimum absolute atomic E-state index is 0.221. The summed E-state index contributed by atoms with van der Waals surface area (Å²) in [5, 5.41) is 0.501. The monoisotopic (exact) mass is 389 g/mol. The van der Waals surface area contributed by atoms with Crippen LogP contribution in [-0.4, -0.2) is 35.9 Å². The maximum absolute atomic E-state index is 12.3. The fourth-order valence-electron chi connectivity index (χ4n) is 2.56. The lowest BCUT2D eigenvalue weighted by molar-refractivity contribution is -0.136. The van der Waals surface area contributed by atoms with Crippen LogP contribution in [0.5, 0.6) is 0 Å². The number of esters is 2. The molecule has 7 heteroatoms. The third-order valence-electron chi connectivity index (χ3n) is 3.85. The largest absolute Gasteiger partial charge is 0.462 e. The predicted octanol–water partition coefficient (Wildman–Crippen LogP) is 3.90. The van der Waals surface area contributed by atoms with Crippen molar-refractivity contribution >= 4 is 35.4 Å². The first-order valence-corrected chi connectivity index (χ1v) is 8.71. The van der Waals surface area contributed by atoms with Crippen molar-refractivity contribution < 1.29 is 23.9 Å². The van der Waals surface area contributed by atoms with Crippen LogP contribution in [-0.2, 0) is 14.3 Å². The van der Waals surface area contributed by atoms with Gasteiger partial charge in [0.1, 0.15) is 0 Å². The van der Waals surface area contributed by atoms with Gasteiger partial charge < -0.3 is 14.5 Å². The quantitative estimate of drug-likeness (QED) is 0.441. The average molecular weight is 390 g/mol. The van der Waals surface area contributed by atoms with Crippen molar-refractivity contribution in [2.24, 2.45) is 0 Å². The Bertz CT molecular complexity index is 898. The topological polar surface area (TPSA) is 85.5 Å². The molecule has 0 unspecified atom stereocenters. The zero-order valence-electron chi connectivity index (χ0n) is 15.3. The molecule has 0 fully saturated rings. The number of ether oxygens (including phenoxy) is 2. The predicted molar refractivity (Wildman–Crippen MR) is 102 cm³/mol. The van der Waals surface area contributed by atoms with Crippen LogP contribution < -0.4 is 0 Å². The minimum Gasteiger partial charge on any atom is -0.462 e. The summed E-state index contributed by atoms with van der Waals surface area (Å²) >= 11 is 6.00. The number of ketones is 1. The molecule has 1 N–H and O–H groups in total. The number of hydrogen-bond acceptors (Lipinski definition) is 5. The van der Waals surface area contributed by atoms with Crippen molar-refractivity contribution in [1.29, 1.82) is 0 Å². The van der Waals surface area contributed by atoms with Crippen molar-refractivity contribution in [2.45, 2.75) is 20.8 Å². The fourth-order valence-corrected chi connectivity index (χ4v) is 2.76. The number of aryl methyl sites for hydroxylation is 1. The van der Waals surface area contributed by atoms with Crippen LogP contribution in [0.4, 0.5) is 0 Å². The molecule has 142 valence electrons. The highest BCUT2D eigenvalue weighted by Crippen LogP contribution is 2.20. The Labute approximate surface area is 162 Å². The number of aromatic nitrogens is 1. The molecule has 0 saturated carbocycles. The van der Waals surface area contributed by atoms with Gasteiger partial charge in [-0.25, -0.2) is 9.59 Å². The average Bonchev–Trinajstić information content (AvgIpc) is 2.93. The second-order valence-corrected chi connectivity index (χ2v) is 6.14. The third-order valence-corrected chi connectivity index (χ3v) is 4.19. The number of halogens is 1. The summed E-state index contributed by atoms with van der Waals surface area (Å²) in [6.45, 7) is 4.81. The minimum atomic E-state index is -0.671. The van der Waals surface area contributed by atoms with E-state index in [4.69, 9.17) is 21.1 Å². The zero-order chi connectivity index (χ0) is 20.0. The fraction of sp³-hybridized carbons (Fsp3) is 0.250. The summed E-state index contributed by atoms with van der Waals surface area (Å²) in [6.07, 6.45) is 2.71. The van der Waals surface area contributed by atoms with Crippen LogP contribution in [0.3, 0.4) is 0 Å². The van der Waals surface area contributed by atoms with E-state index >= 15 is 0 Å². The second-order valence-electron chi connectivity index (χ2n) is 5.73. The SMILES string of the molecule is CCOC(=O)c1c(C)[nH]c(C(=O)COC(=O)C=Cc2ccccc2Cl)c1C. The molecule has 0 aliphatic carbocycles. The van der Waals surface area contributed by atoms with Crippen molar-refractivity contribution in [1.82, 2.24) is 4.98 Å². The number of benzene rings is 1. The molecule has 0 atom stereocenters. The van der Waals surface area contributed by atoms with Crippen molar-refractivity contribution in [2.75, 3.05) is 13.2 Å². The molecule has 0 amide bonds. The molecule has 1 heterocycles. The van der Waals surface area contributed by atoms with Gasteiger partial charge in [-0.15, -0.1) is 0 Å². The number of Topliss-reactive ketones (excluding diaryl/α,β-unsaturated/α-hetero) is 1. The summed E-state index contributed by atoms with van der Waals surface area (Å²) in [5.74, 6) is -1.61. The molecular formula is C20H20ClNO5. The number of hydrogen-bond donors (Lipinski definition) is 1. The van der Waals surface area contributed by atoms with Crippen LogP contribution in [0.15, 0.2) is 30.3 Å².